The number of anilines is 1. The molecule has 0 saturated carbocycles. The molecular weight excluding hydrogens is 206 g/mol. The number of aromatic nitrogens is 1. The molecule has 1 aromatic heterocycles. The van der Waals surface area contributed by atoms with E-state index in [0.717, 1.165) is 10.8 Å². The molecule has 0 spiro atoms. The largest absolute Gasteiger partial charge is 0.397 e. The van der Waals surface area contributed by atoms with E-state index >= 15 is 0 Å². The number of nitrogen functional groups attached to an aromatic ring is 1. The zero-order chi connectivity index (χ0) is 11.1. The summed E-state index contributed by atoms with van der Waals surface area (Å²) in [7, 11) is 0. The number of unbranched alkanes of at least 4 members (excludes halogenated alkanes) is 2. The van der Waals surface area contributed by atoms with Crippen molar-refractivity contribution in [1.82, 2.24) is 4.98 Å². The smallest absolute Gasteiger partial charge is 0.119 e. The van der Waals surface area contributed by atoms with Gasteiger partial charge in [0.25, 0.3) is 0 Å². The first-order valence-electron chi connectivity index (χ1n) is 5.06. The Morgan fingerprint density at radius 2 is 2.33 bits per heavy atom. The number of pyridine rings is 1. The Balaban J connectivity index is 2.52. The maximum absolute atomic E-state index is 8.65. The minimum absolute atomic E-state index is 0.519. The monoisotopic (exact) mass is 221 g/mol. The van der Waals surface area contributed by atoms with Crippen molar-refractivity contribution in [3.05, 3.63) is 17.8 Å². The highest BCUT2D eigenvalue weighted by Crippen LogP contribution is 2.23. The van der Waals surface area contributed by atoms with Crippen molar-refractivity contribution in [3.63, 3.8) is 0 Å². The van der Waals surface area contributed by atoms with Crippen LogP contribution >= 0.6 is 11.8 Å². The minimum Gasteiger partial charge on any atom is -0.397 e. The molecule has 0 aliphatic rings. The van der Waals surface area contributed by atoms with Crippen molar-refractivity contribution in [1.29, 1.82) is 5.26 Å². The Kier molecular flexibility index (Phi) is 4.99. The molecule has 2 N–H and O–H groups in total. The van der Waals surface area contributed by atoms with Gasteiger partial charge in [0.2, 0.25) is 0 Å². The quantitative estimate of drug-likeness (QED) is 0.613. The molecule has 0 radical (unpaired) electrons. The van der Waals surface area contributed by atoms with Crippen LogP contribution in [-0.2, 0) is 0 Å². The van der Waals surface area contributed by atoms with Crippen molar-refractivity contribution in [2.75, 3.05) is 11.5 Å². The Bertz CT molecular complexity index is 357. The summed E-state index contributed by atoms with van der Waals surface area (Å²) in [5.41, 5.74) is 6.90. The van der Waals surface area contributed by atoms with Crippen molar-refractivity contribution in [3.8, 4) is 6.07 Å². The first-order chi connectivity index (χ1) is 7.27. The number of hydrogen-bond donors (Lipinski definition) is 1. The summed E-state index contributed by atoms with van der Waals surface area (Å²) in [4.78, 5) is 4.16. The molecule has 0 atom stereocenters. The van der Waals surface area contributed by atoms with Gasteiger partial charge in [0.1, 0.15) is 11.1 Å². The van der Waals surface area contributed by atoms with Crippen LogP contribution in [0.5, 0.6) is 0 Å². The van der Waals surface area contributed by atoms with Crippen LogP contribution in [0.3, 0.4) is 0 Å². The molecule has 0 aliphatic heterocycles. The second kappa shape index (κ2) is 6.31. The van der Waals surface area contributed by atoms with Crippen molar-refractivity contribution < 1.29 is 0 Å². The summed E-state index contributed by atoms with van der Waals surface area (Å²) in [5.74, 6) is 1.04. The lowest BCUT2D eigenvalue weighted by molar-refractivity contribution is 0.778. The molecule has 15 heavy (non-hydrogen) atoms. The van der Waals surface area contributed by atoms with Crippen molar-refractivity contribution in [2.24, 2.45) is 0 Å². The number of nitrogens with zero attached hydrogens (tertiary/aromatic N) is 2. The molecule has 0 saturated heterocycles. The van der Waals surface area contributed by atoms with E-state index in [0.29, 0.717) is 11.3 Å². The minimum atomic E-state index is 0.519. The number of nitrogens with two attached hydrogens (primary N) is 1. The molecule has 1 heterocycles. The molecule has 3 nitrogen and oxygen atoms in total. The maximum Gasteiger partial charge on any atom is 0.119 e. The van der Waals surface area contributed by atoms with Crippen LogP contribution in [0.2, 0.25) is 0 Å². The molecule has 1 rings (SSSR count). The van der Waals surface area contributed by atoms with Gasteiger partial charge in [0, 0.05) is 6.20 Å². The van der Waals surface area contributed by atoms with E-state index in [4.69, 9.17) is 11.0 Å². The zero-order valence-electron chi connectivity index (χ0n) is 8.86. The summed E-state index contributed by atoms with van der Waals surface area (Å²) in [6.45, 7) is 2.18. The van der Waals surface area contributed by atoms with Gasteiger partial charge in [-0.15, -0.1) is 11.8 Å². The van der Waals surface area contributed by atoms with Gasteiger partial charge in [-0.25, -0.2) is 4.98 Å². The molecular formula is C11H15N3S. The van der Waals surface area contributed by atoms with Gasteiger partial charge in [0.05, 0.1) is 11.3 Å². The van der Waals surface area contributed by atoms with Gasteiger partial charge < -0.3 is 5.73 Å². The third-order valence-electron chi connectivity index (χ3n) is 1.99. The van der Waals surface area contributed by atoms with Gasteiger partial charge in [-0.2, -0.15) is 5.26 Å². The highest BCUT2D eigenvalue weighted by Gasteiger charge is 2.02. The fraction of sp³-hybridized carbons (Fsp3) is 0.455. The number of nitriles is 1. The normalized spacial score (nSPS) is 9.87. The first kappa shape index (κ1) is 11.9. The SMILES string of the molecule is CCCCCSc1ncc(C#N)cc1N. The Morgan fingerprint density at radius 3 is 2.93 bits per heavy atom. The molecule has 80 valence electrons. The molecule has 0 amide bonds. The highest BCUT2D eigenvalue weighted by atomic mass is 32.2. The van der Waals surface area contributed by atoms with Crippen molar-refractivity contribution >= 4 is 17.4 Å². The fourth-order valence-corrected chi connectivity index (χ4v) is 2.07. The molecule has 0 fully saturated rings. The average Bonchev–Trinajstić information content (AvgIpc) is 2.26. The summed E-state index contributed by atoms with van der Waals surface area (Å²) in [5, 5.41) is 9.48. The second-order valence-electron chi connectivity index (χ2n) is 3.29. The highest BCUT2D eigenvalue weighted by molar-refractivity contribution is 7.99. The van der Waals surface area contributed by atoms with Crippen LogP contribution in [0, 0.1) is 11.3 Å². The van der Waals surface area contributed by atoms with E-state index in [2.05, 4.69) is 11.9 Å². The van der Waals surface area contributed by atoms with Crippen molar-refractivity contribution in [2.45, 2.75) is 31.2 Å². The van der Waals surface area contributed by atoms with E-state index < -0.39 is 0 Å². The lowest BCUT2D eigenvalue weighted by Crippen LogP contribution is -1.94. The first-order valence-corrected chi connectivity index (χ1v) is 6.05. The standard InChI is InChI=1S/C11H15N3S/c1-2-3-4-5-15-11-10(13)6-9(7-12)8-14-11/h6,8H,2-5,13H2,1H3. The Hall–Kier alpha value is -1.21. The number of rotatable bonds is 5. The van der Waals surface area contributed by atoms with Crippen LogP contribution in [0.15, 0.2) is 17.3 Å². The number of thioether (sulfide) groups is 1. The maximum atomic E-state index is 8.65. The Labute approximate surface area is 94.7 Å². The van der Waals surface area contributed by atoms with E-state index in [9.17, 15) is 0 Å². The van der Waals surface area contributed by atoms with Crippen LogP contribution in [0.4, 0.5) is 5.69 Å². The van der Waals surface area contributed by atoms with Crippen LogP contribution in [0.25, 0.3) is 0 Å². The predicted octanol–water partition coefficient (Wildman–Crippen LogP) is 2.82. The lowest BCUT2D eigenvalue weighted by Gasteiger charge is -2.03. The lowest BCUT2D eigenvalue weighted by atomic mass is 10.3. The van der Waals surface area contributed by atoms with E-state index in [1.165, 1.54) is 19.3 Å². The summed E-state index contributed by atoms with van der Waals surface area (Å²) >= 11 is 1.66. The van der Waals surface area contributed by atoms with Crippen LogP contribution < -0.4 is 5.73 Å². The van der Waals surface area contributed by atoms with E-state index in [-0.39, 0.29) is 0 Å². The molecule has 0 bridgehead atoms. The van der Waals surface area contributed by atoms with Gasteiger partial charge in [-0.3, -0.25) is 0 Å². The van der Waals surface area contributed by atoms with Gasteiger partial charge >= 0.3 is 0 Å². The van der Waals surface area contributed by atoms with Gasteiger partial charge in [0.15, 0.2) is 0 Å². The summed E-state index contributed by atoms with van der Waals surface area (Å²) in [6, 6.07) is 3.70. The van der Waals surface area contributed by atoms with Gasteiger partial charge in [-0.1, -0.05) is 19.8 Å². The predicted molar refractivity (Wildman–Crippen MR) is 63.6 cm³/mol. The molecule has 0 aliphatic carbocycles. The molecule has 4 heteroatoms. The van der Waals surface area contributed by atoms with E-state index in [1.54, 1.807) is 24.0 Å². The summed E-state index contributed by atoms with van der Waals surface area (Å²) in [6.07, 6.45) is 5.21. The Morgan fingerprint density at radius 1 is 1.53 bits per heavy atom. The summed E-state index contributed by atoms with van der Waals surface area (Å²) < 4.78 is 0. The fourth-order valence-electron chi connectivity index (χ4n) is 1.17. The second-order valence-corrected chi connectivity index (χ2v) is 4.37. The molecule has 0 aromatic carbocycles. The van der Waals surface area contributed by atoms with Gasteiger partial charge in [-0.05, 0) is 18.2 Å². The third kappa shape index (κ3) is 3.80. The third-order valence-corrected chi connectivity index (χ3v) is 3.10. The average molecular weight is 221 g/mol. The number of hydrogen-bond acceptors (Lipinski definition) is 4. The van der Waals surface area contributed by atoms with Crippen LogP contribution in [-0.4, -0.2) is 10.7 Å². The van der Waals surface area contributed by atoms with Crippen LogP contribution in [0.1, 0.15) is 31.7 Å². The zero-order valence-corrected chi connectivity index (χ0v) is 9.68. The van der Waals surface area contributed by atoms with E-state index in [1.807, 2.05) is 6.07 Å². The topological polar surface area (TPSA) is 62.7 Å². The molecule has 0 unspecified atom stereocenters. The molecule has 1 aromatic rings.